The first-order valence-corrected chi connectivity index (χ1v) is 15.0. The predicted molar refractivity (Wildman–Crippen MR) is 154 cm³/mol. The van der Waals surface area contributed by atoms with E-state index in [1.807, 2.05) is 26.0 Å². The largest absolute Gasteiger partial charge is 0.462 e. The molecule has 39 heavy (non-hydrogen) atoms. The Morgan fingerprint density at radius 2 is 1.72 bits per heavy atom. The quantitative estimate of drug-likeness (QED) is 0.209. The summed E-state index contributed by atoms with van der Waals surface area (Å²) >= 11 is 3.07. The molecule has 200 valence electrons. The maximum Gasteiger partial charge on any atom is 0.341 e. The zero-order chi connectivity index (χ0) is 27.7. The van der Waals surface area contributed by atoms with Crippen molar-refractivity contribution in [2.75, 3.05) is 11.9 Å². The van der Waals surface area contributed by atoms with Crippen LogP contribution in [0.25, 0.3) is 11.1 Å². The molecule has 2 aliphatic rings. The standard InChI is InChI=1S/C30H30N4O3S2/c1-4-37-30(36)26-22-10-6-8-12-25(22)38-28(26)33-27(35)20(15-31)14-19-13-17(2)34(18(19)3)29-23(16-32)21-9-5-7-11-24(21)39-29/h13-14H,4-12H2,1-3H3,(H,33,35)/b20-14+. The molecule has 9 heteroatoms. The Hall–Kier alpha value is -3.66. The number of hydrogen-bond acceptors (Lipinski definition) is 7. The third-order valence-electron chi connectivity index (χ3n) is 7.48. The number of esters is 1. The average molecular weight is 559 g/mol. The fourth-order valence-electron chi connectivity index (χ4n) is 5.62. The molecule has 0 fully saturated rings. The van der Waals surface area contributed by atoms with E-state index in [1.165, 1.54) is 21.8 Å². The van der Waals surface area contributed by atoms with Gasteiger partial charge in [-0.3, -0.25) is 4.79 Å². The third kappa shape index (κ3) is 4.93. The van der Waals surface area contributed by atoms with Crippen molar-refractivity contribution in [3.63, 3.8) is 0 Å². The van der Waals surface area contributed by atoms with E-state index < -0.39 is 11.9 Å². The minimum Gasteiger partial charge on any atom is -0.462 e. The monoisotopic (exact) mass is 558 g/mol. The van der Waals surface area contributed by atoms with Crippen LogP contribution in [0.4, 0.5) is 5.00 Å². The lowest BCUT2D eigenvalue weighted by Crippen LogP contribution is -2.16. The van der Waals surface area contributed by atoms with Gasteiger partial charge in [0.1, 0.15) is 27.7 Å². The molecule has 3 heterocycles. The number of rotatable bonds is 6. The van der Waals surface area contributed by atoms with Crippen molar-refractivity contribution in [3.05, 3.63) is 60.6 Å². The molecule has 3 aromatic rings. The van der Waals surface area contributed by atoms with Crippen molar-refractivity contribution in [2.24, 2.45) is 0 Å². The van der Waals surface area contributed by atoms with Crippen LogP contribution in [0.2, 0.25) is 0 Å². The number of ether oxygens (including phenoxy) is 1. The topological polar surface area (TPSA) is 108 Å². The van der Waals surface area contributed by atoms with Crippen LogP contribution in [0.15, 0.2) is 11.6 Å². The highest BCUT2D eigenvalue weighted by Crippen LogP contribution is 2.40. The minimum atomic E-state index is -0.559. The zero-order valence-corrected chi connectivity index (χ0v) is 24.0. The maximum absolute atomic E-state index is 13.3. The summed E-state index contributed by atoms with van der Waals surface area (Å²) in [5, 5.41) is 24.1. The molecule has 1 N–H and O–H groups in total. The Morgan fingerprint density at radius 1 is 1.05 bits per heavy atom. The van der Waals surface area contributed by atoms with E-state index >= 15 is 0 Å². The van der Waals surface area contributed by atoms with E-state index in [-0.39, 0.29) is 12.2 Å². The molecule has 0 unspecified atom stereocenters. The Labute approximate surface area is 236 Å². The second-order valence-corrected chi connectivity index (χ2v) is 12.1. The summed E-state index contributed by atoms with van der Waals surface area (Å²) in [5.74, 6) is -0.999. The molecule has 7 nitrogen and oxygen atoms in total. The Morgan fingerprint density at radius 3 is 2.38 bits per heavy atom. The van der Waals surface area contributed by atoms with Crippen LogP contribution in [-0.4, -0.2) is 23.1 Å². The molecule has 3 aromatic heterocycles. The van der Waals surface area contributed by atoms with Gasteiger partial charge in [0.25, 0.3) is 5.91 Å². The molecule has 0 atom stereocenters. The second kappa shape index (κ2) is 11.2. The SMILES string of the molecule is CCOC(=O)c1c(NC(=O)/C(C#N)=C/c2cc(C)n(-c3sc4c(c3C#N)CCCC4)c2C)sc2c1CCCC2. The number of amides is 1. The summed E-state index contributed by atoms with van der Waals surface area (Å²) in [4.78, 5) is 28.5. The summed E-state index contributed by atoms with van der Waals surface area (Å²) < 4.78 is 7.35. The van der Waals surface area contributed by atoms with Crippen molar-refractivity contribution in [1.82, 2.24) is 4.57 Å². The van der Waals surface area contributed by atoms with Gasteiger partial charge < -0.3 is 14.6 Å². The molecule has 0 aliphatic heterocycles. The number of carbonyl (C=O) groups excluding carboxylic acids is 2. The first kappa shape index (κ1) is 26.9. The molecule has 0 bridgehead atoms. The van der Waals surface area contributed by atoms with Gasteiger partial charge in [0.2, 0.25) is 0 Å². The molecular weight excluding hydrogens is 528 g/mol. The maximum atomic E-state index is 13.3. The van der Waals surface area contributed by atoms with Gasteiger partial charge in [-0.2, -0.15) is 10.5 Å². The lowest BCUT2D eigenvalue weighted by atomic mass is 9.95. The number of aryl methyl sites for hydroxylation is 3. The number of thiophene rings is 2. The number of nitriles is 2. The fraction of sp³-hybridized carbons (Fsp3) is 0.400. The predicted octanol–water partition coefficient (Wildman–Crippen LogP) is 6.57. The number of anilines is 1. The normalized spacial score (nSPS) is 14.6. The van der Waals surface area contributed by atoms with Crippen molar-refractivity contribution < 1.29 is 14.3 Å². The first-order chi connectivity index (χ1) is 18.9. The summed E-state index contributed by atoms with van der Waals surface area (Å²) in [6.07, 6.45) is 9.44. The van der Waals surface area contributed by atoms with Crippen molar-refractivity contribution in [3.8, 4) is 17.1 Å². The lowest BCUT2D eigenvalue weighted by Gasteiger charge is -2.12. The van der Waals surface area contributed by atoms with Crippen LogP contribution in [0.5, 0.6) is 0 Å². The fourth-order valence-corrected chi connectivity index (χ4v) is 8.34. The van der Waals surface area contributed by atoms with Gasteiger partial charge in [0, 0.05) is 21.1 Å². The number of nitrogens with one attached hydrogen (secondary N) is 1. The van der Waals surface area contributed by atoms with E-state index in [2.05, 4.69) is 16.0 Å². The first-order valence-electron chi connectivity index (χ1n) is 13.4. The highest BCUT2D eigenvalue weighted by atomic mass is 32.1. The van der Waals surface area contributed by atoms with Gasteiger partial charge >= 0.3 is 5.97 Å². The number of nitrogens with zero attached hydrogens (tertiary/aromatic N) is 3. The molecule has 0 radical (unpaired) electrons. The van der Waals surface area contributed by atoms with Crippen LogP contribution in [-0.2, 0) is 35.2 Å². The van der Waals surface area contributed by atoms with Crippen molar-refractivity contribution >= 4 is 45.6 Å². The van der Waals surface area contributed by atoms with Gasteiger partial charge in [0.15, 0.2) is 0 Å². The van der Waals surface area contributed by atoms with Crippen LogP contribution in [0.1, 0.15) is 86.4 Å². The summed E-state index contributed by atoms with van der Waals surface area (Å²) in [5.41, 5.74) is 5.76. The van der Waals surface area contributed by atoms with Crippen molar-refractivity contribution in [1.29, 1.82) is 10.5 Å². The molecule has 0 spiro atoms. The molecule has 5 rings (SSSR count). The van der Waals surface area contributed by atoms with Crippen molar-refractivity contribution in [2.45, 2.75) is 72.1 Å². The Kier molecular flexibility index (Phi) is 7.74. The zero-order valence-electron chi connectivity index (χ0n) is 22.4. The van der Waals surface area contributed by atoms with Gasteiger partial charge in [-0.1, -0.05) is 0 Å². The number of aromatic nitrogens is 1. The van der Waals surface area contributed by atoms with E-state index in [1.54, 1.807) is 24.3 Å². The number of fused-ring (bicyclic) bond motifs is 2. The van der Waals surface area contributed by atoms with Gasteiger partial charge in [0.05, 0.1) is 17.7 Å². The Balaban J connectivity index is 1.48. The smallest absolute Gasteiger partial charge is 0.341 e. The van der Waals surface area contributed by atoms with Crippen LogP contribution in [0.3, 0.4) is 0 Å². The lowest BCUT2D eigenvalue weighted by molar-refractivity contribution is -0.112. The second-order valence-electron chi connectivity index (χ2n) is 9.92. The van der Waals surface area contributed by atoms with Crippen LogP contribution < -0.4 is 5.32 Å². The van der Waals surface area contributed by atoms with Gasteiger partial charge in [-0.25, -0.2) is 4.79 Å². The highest BCUT2D eigenvalue weighted by molar-refractivity contribution is 7.17. The Bertz CT molecular complexity index is 1590. The van der Waals surface area contributed by atoms with E-state index in [4.69, 9.17) is 4.74 Å². The summed E-state index contributed by atoms with van der Waals surface area (Å²) in [6, 6.07) is 6.41. The van der Waals surface area contributed by atoms with Gasteiger partial charge in [-0.05, 0) is 101 Å². The highest BCUT2D eigenvalue weighted by Gasteiger charge is 2.28. The average Bonchev–Trinajstić information content (AvgIpc) is 3.56. The minimum absolute atomic E-state index is 0.0533. The molecule has 1 amide bonds. The van der Waals surface area contributed by atoms with Crippen LogP contribution in [0, 0.1) is 36.5 Å². The number of carbonyl (C=O) groups is 2. The molecular formula is C30H30N4O3S2. The van der Waals surface area contributed by atoms with E-state index in [9.17, 15) is 20.1 Å². The summed E-state index contributed by atoms with van der Waals surface area (Å²) in [7, 11) is 0. The molecule has 0 saturated carbocycles. The van der Waals surface area contributed by atoms with E-state index in [0.717, 1.165) is 89.3 Å². The van der Waals surface area contributed by atoms with Crippen LogP contribution >= 0.6 is 22.7 Å². The molecule has 0 saturated heterocycles. The number of hydrogen-bond donors (Lipinski definition) is 1. The summed E-state index contributed by atoms with van der Waals surface area (Å²) in [6.45, 7) is 5.92. The third-order valence-corrected chi connectivity index (χ3v) is 9.96. The van der Waals surface area contributed by atoms with Gasteiger partial charge in [-0.15, -0.1) is 22.7 Å². The molecule has 2 aliphatic carbocycles. The van der Waals surface area contributed by atoms with E-state index in [0.29, 0.717) is 10.6 Å². The molecule has 0 aromatic carbocycles.